The first kappa shape index (κ1) is 12.1. The summed E-state index contributed by atoms with van der Waals surface area (Å²) in [5.74, 6) is -0.170. The lowest BCUT2D eigenvalue weighted by Gasteiger charge is -2.06. The number of hydrogen-bond acceptors (Lipinski definition) is 3. The molecule has 2 aromatic rings. The van der Waals surface area contributed by atoms with E-state index in [1.54, 1.807) is 6.07 Å². The number of hydrogen-bond donors (Lipinski definition) is 2. The second-order valence-electron chi connectivity index (χ2n) is 4.18. The van der Waals surface area contributed by atoms with Crippen LogP contribution in [0, 0.1) is 6.92 Å². The van der Waals surface area contributed by atoms with E-state index in [1.807, 2.05) is 31.2 Å². The molecular weight excluding hydrogens is 226 g/mol. The van der Waals surface area contributed by atoms with Gasteiger partial charge >= 0.3 is 0 Å². The quantitative estimate of drug-likeness (QED) is 0.862. The van der Waals surface area contributed by atoms with Crippen molar-refractivity contribution in [1.82, 2.24) is 10.3 Å². The highest BCUT2D eigenvalue weighted by Crippen LogP contribution is 2.06. The van der Waals surface area contributed by atoms with E-state index in [0.29, 0.717) is 17.8 Å². The van der Waals surface area contributed by atoms with Crippen LogP contribution in [0.1, 0.15) is 21.5 Å². The van der Waals surface area contributed by atoms with E-state index in [2.05, 4.69) is 10.3 Å². The molecule has 0 fully saturated rings. The van der Waals surface area contributed by atoms with Crippen LogP contribution < -0.4 is 11.1 Å². The fourth-order valence-corrected chi connectivity index (χ4v) is 1.69. The molecule has 0 spiro atoms. The van der Waals surface area contributed by atoms with Gasteiger partial charge in [0.1, 0.15) is 0 Å². The largest absolute Gasteiger partial charge is 0.397 e. The average molecular weight is 241 g/mol. The molecule has 0 aliphatic carbocycles. The Bertz CT molecular complexity index is 566. The standard InChI is InChI=1S/C14H15N3O/c1-10-3-2-4-11(5-10)7-17-14(18)12-6-13(15)9-16-8-12/h2-6,8-9H,7,15H2,1H3,(H,17,18). The van der Waals surface area contributed by atoms with Gasteiger partial charge in [0.2, 0.25) is 0 Å². The Labute approximate surface area is 106 Å². The zero-order valence-electron chi connectivity index (χ0n) is 10.2. The van der Waals surface area contributed by atoms with E-state index in [1.165, 1.54) is 18.0 Å². The normalized spacial score (nSPS) is 10.1. The number of aromatic nitrogens is 1. The lowest BCUT2D eigenvalue weighted by atomic mass is 10.1. The highest BCUT2D eigenvalue weighted by Gasteiger charge is 2.05. The molecule has 1 amide bonds. The van der Waals surface area contributed by atoms with Crippen LogP contribution in [0.3, 0.4) is 0 Å². The molecule has 0 bridgehead atoms. The first-order chi connectivity index (χ1) is 8.65. The Morgan fingerprint density at radius 3 is 2.89 bits per heavy atom. The third kappa shape index (κ3) is 3.07. The van der Waals surface area contributed by atoms with Gasteiger partial charge in [0.05, 0.1) is 11.3 Å². The number of nitrogens with one attached hydrogen (secondary N) is 1. The first-order valence-electron chi connectivity index (χ1n) is 5.69. The third-order valence-corrected chi connectivity index (χ3v) is 2.56. The van der Waals surface area contributed by atoms with Crippen molar-refractivity contribution in [2.45, 2.75) is 13.5 Å². The van der Waals surface area contributed by atoms with Gasteiger partial charge in [-0.2, -0.15) is 0 Å². The number of carbonyl (C=O) groups is 1. The van der Waals surface area contributed by atoms with Crippen molar-refractivity contribution in [3.63, 3.8) is 0 Å². The lowest BCUT2D eigenvalue weighted by Crippen LogP contribution is -2.23. The van der Waals surface area contributed by atoms with Crippen LogP contribution >= 0.6 is 0 Å². The van der Waals surface area contributed by atoms with Gasteiger partial charge in [-0.25, -0.2) is 0 Å². The number of aryl methyl sites for hydroxylation is 1. The maximum absolute atomic E-state index is 11.8. The summed E-state index contributed by atoms with van der Waals surface area (Å²) in [6.07, 6.45) is 3.01. The van der Waals surface area contributed by atoms with E-state index < -0.39 is 0 Å². The summed E-state index contributed by atoms with van der Waals surface area (Å²) in [6.45, 7) is 2.52. The monoisotopic (exact) mass is 241 g/mol. The van der Waals surface area contributed by atoms with Gasteiger partial charge in [-0.3, -0.25) is 9.78 Å². The summed E-state index contributed by atoms with van der Waals surface area (Å²) in [5, 5.41) is 2.84. The molecule has 1 aromatic heterocycles. The number of rotatable bonds is 3. The number of nitrogens with two attached hydrogens (primary N) is 1. The molecule has 0 radical (unpaired) electrons. The molecule has 0 saturated carbocycles. The van der Waals surface area contributed by atoms with Crippen molar-refractivity contribution in [2.24, 2.45) is 0 Å². The molecule has 0 atom stereocenters. The molecule has 0 aliphatic rings. The maximum Gasteiger partial charge on any atom is 0.253 e. The van der Waals surface area contributed by atoms with Crippen LogP contribution in [0.5, 0.6) is 0 Å². The Morgan fingerprint density at radius 2 is 2.17 bits per heavy atom. The second-order valence-corrected chi connectivity index (χ2v) is 4.18. The molecule has 0 aliphatic heterocycles. The highest BCUT2D eigenvalue weighted by atomic mass is 16.1. The molecule has 0 saturated heterocycles. The SMILES string of the molecule is Cc1cccc(CNC(=O)c2cncc(N)c2)c1. The van der Waals surface area contributed by atoms with Crippen LogP contribution in [-0.4, -0.2) is 10.9 Å². The van der Waals surface area contributed by atoms with Crippen molar-refractivity contribution in [3.8, 4) is 0 Å². The van der Waals surface area contributed by atoms with Crippen LogP contribution in [0.2, 0.25) is 0 Å². The number of nitrogens with zero attached hydrogens (tertiary/aromatic N) is 1. The number of nitrogen functional groups attached to an aromatic ring is 1. The average Bonchev–Trinajstić information content (AvgIpc) is 2.36. The molecule has 92 valence electrons. The summed E-state index contributed by atoms with van der Waals surface area (Å²) < 4.78 is 0. The number of anilines is 1. The van der Waals surface area contributed by atoms with Gasteiger partial charge in [-0.1, -0.05) is 29.8 Å². The summed E-state index contributed by atoms with van der Waals surface area (Å²) in [6, 6.07) is 9.62. The van der Waals surface area contributed by atoms with Crippen LogP contribution in [0.4, 0.5) is 5.69 Å². The van der Waals surface area contributed by atoms with Gasteiger partial charge in [0, 0.05) is 18.9 Å². The lowest BCUT2D eigenvalue weighted by molar-refractivity contribution is 0.0950. The summed E-state index contributed by atoms with van der Waals surface area (Å²) in [7, 11) is 0. The predicted molar refractivity (Wildman–Crippen MR) is 71.0 cm³/mol. The number of pyridine rings is 1. The Hall–Kier alpha value is -2.36. The van der Waals surface area contributed by atoms with Gasteiger partial charge in [-0.05, 0) is 18.6 Å². The minimum absolute atomic E-state index is 0.170. The fraction of sp³-hybridized carbons (Fsp3) is 0.143. The highest BCUT2D eigenvalue weighted by molar-refractivity contribution is 5.94. The molecule has 3 N–H and O–H groups in total. The van der Waals surface area contributed by atoms with Crippen molar-refractivity contribution in [3.05, 3.63) is 59.4 Å². The fourth-order valence-electron chi connectivity index (χ4n) is 1.69. The van der Waals surface area contributed by atoms with E-state index in [4.69, 9.17) is 5.73 Å². The molecule has 1 aromatic carbocycles. The number of amides is 1. The van der Waals surface area contributed by atoms with E-state index in [-0.39, 0.29) is 5.91 Å². The molecular formula is C14H15N3O. The van der Waals surface area contributed by atoms with Crippen molar-refractivity contribution in [1.29, 1.82) is 0 Å². The van der Waals surface area contributed by atoms with Gasteiger partial charge < -0.3 is 11.1 Å². The smallest absolute Gasteiger partial charge is 0.253 e. The van der Waals surface area contributed by atoms with Gasteiger partial charge in [0.25, 0.3) is 5.91 Å². The van der Waals surface area contributed by atoms with Crippen molar-refractivity contribution in [2.75, 3.05) is 5.73 Å². The van der Waals surface area contributed by atoms with Gasteiger partial charge in [0.15, 0.2) is 0 Å². The molecule has 1 heterocycles. The molecule has 0 unspecified atom stereocenters. The molecule has 4 heteroatoms. The summed E-state index contributed by atoms with van der Waals surface area (Å²) in [4.78, 5) is 15.7. The first-order valence-corrected chi connectivity index (χ1v) is 5.69. The zero-order chi connectivity index (χ0) is 13.0. The minimum Gasteiger partial charge on any atom is -0.397 e. The Kier molecular flexibility index (Phi) is 3.57. The molecule has 18 heavy (non-hydrogen) atoms. The maximum atomic E-state index is 11.8. The van der Waals surface area contributed by atoms with Crippen molar-refractivity contribution >= 4 is 11.6 Å². The van der Waals surface area contributed by atoms with Crippen LogP contribution in [0.25, 0.3) is 0 Å². The number of carbonyl (C=O) groups excluding carboxylic acids is 1. The molecule has 2 rings (SSSR count). The van der Waals surface area contributed by atoms with Crippen LogP contribution in [-0.2, 0) is 6.54 Å². The zero-order valence-corrected chi connectivity index (χ0v) is 10.2. The topological polar surface area (TPSA) is 68.0 Å². The van der Waals surface area contributed by atoms with E-state index in [0.717, 1.165) is 5.56 Å². The van der Waals surface area contributed by atoms with E-state index in [9.17, 15) is 4.79 Å². The van der Waals surface area contributed by atoms with Gasteiger partial charge in [-0.15, -0.1) is 0 Å². The number of benzene rings is 1. The van der Waals surface area contributed by atoms with E-state index >= 15 is 0 Å². The van der Waals surface area contributed by atoms with Crippen LogP contribution in [0.15, 0.2) is 42.7 Å². The second kappa shape index (κ2) is 5.31. The summed E-state index contributed by atoms with van der Waals surface area (Å²) in [5.41, 5.74) is 8.78. The van der Waals surface area contributed by atoms with Crippen molar-refractivity contribution < 1.29 is 4.79 Å². The summed E-state index contributed by atoms with van der Waals surface area (Å²) >= 11 is 0. The Balaban J connectivity index is 2.00. The Morgan fingerprint density at radius 1 is 1.33 bits per heavy atom. The minimum atomic E-state index is -0.170. The molecule has 4 nitrogen and oxygen atoms in total. The predicted octanol–water partition coefficient (Wildman–Crippen LogP) is 1.90. The third-order valence-electron chi connectivity index (χ3n) is 2.56.